The van der Waals surface area contributed by atoms with Crippen LogP contribution in [0.5, 0.6) is 0 Å². The van der Waals surface area contributed by atoms with Crippen LogP contribution in [0.15, 0.2) is 0 Å². The number of carbonyl (C=O) groups excluding carboxylic acids is 1. The van der Waals surface area contributed by atoms with Crippen molar-refractivity contribution in [1.29, 1.82) is 0 Å². The monoisotopic (exact) mass is 100 g/mol. The van der Waals surface area contributed by atoms with Gasteiger partial charge in [-0.15, -0.1) is 0 Å². The highest BCUT2D eigenvalue weighted by molar-refractivity contribution is 5.38. The number of ether oxygens (including phenoxy) is 1. The topological polar surface area (TPSA) is 26.3 Å². The van der Waals surface area contributed by atoms with E-state index in [-0.39, 0.29) is 6.10 Å². The summed E-state index contributed by atoms with van der Waals surface area (Å²) in [5, 5.41) is 0. The van der Waals surface area contributed by atoms with Crippen molar-refractivity contribution in [1.82, 2.24) is 0 Å². The molecule has 0 amide bonds. The SMILES string of the molecule is [CH2]CC(C)O[C]=O. The molecule has 2 radical (unpaired) electrons. The summed E-state index contributed by atoms with van der Waals surface area (Å²) in [6.07, 6.45) is 0.521. The van der Waals surface area contributed by atoms with Crippen LogP contribution in [-0.2, 0) is 9.53 Å². The van der Waals surface area contributed by atoms with Gasteiger partial charge in [0.05, 0.1) is 6.10 Å². The van der Waals surface area contributed by atoms with Crippen LogP contribution in [0.25, 0.3) is 0 Å². The maximum Gasteiger partial charge on any atom is 0.417 e. The van der Waals surface area contributed by atoms with E-state index in [9.17, 15) is 4.79 Å². The molecule has 2 nitrogen and oxygen atoms in total. The van der Waals surface area contributed by atoms with Crippen LogP contribution in [0.2, 0.25) is 0 Å². The van der Waals surface area contributed by atoms with Gasteiger partial charge < -0.3 is 4.74 Å². The molecule has 0 aliphatic heterocycles. The van der Waals surface area contributed by atoms with E-state index in [4.69, 9.17) is 0 Å². The fraction of sp³-hybridized carbons (Fsp3) is 0.600. The number of hydrogen-bond acceptors (Lipinski definition) is 2. The van der Waals surface area contributed by atoms with E-state index in [1.165, 1.54) is 6.47 Å². The predicted octanol–water partition coefficient (Wildman–Crippen LogP) is 0.683. The molecule has 1 atom stereocenters. The molecule has 0 aliphatic rings. The van der Waals surface area contributed by atoms with Crippen molar-refractivity contribution in [3.63, 3.8) is 0 Å². The normalized spacial score (nSPS) is 12.9. The highest BCUT2D eigenvalue weighted by atomic mass is 16.5. The zero-order valence-corrected chi connectivity index (χ0v) is 4.31. The summed E-state index contributed by atoms with van der Waals surface area (Å²) in [7, 11) is 0. The third-order valence-corrected chi connectivity index (χ3v) is 0.656. The molecule has 0 spiro atoms. The average Bonchev–Trinajstić information content (AvgIpc) is 1.68. The maximum atomic E-state index is 9.40. The average molecular weight is 100 g/mol. The third-order valence-electron chi connectivity index (χ3n) is 0.656. The van der Waals surface area contributed by atoms with Crippen molar-refractivity contribution < 1.29 is 9.53 Å². The van der Waals surface area contributed by atoms with Gasteiger partial charge in [-0.05, 0) is 20.3 Å². The first-order chi connectivity index (χ1) is 3.31. The molecule has 2 heteroatoms. The lowest BCUT2D eigenvalue weighted by molar-refractivity contribution is 0.196. The highest BCUT2D eigenvalue weighted by Crippen LogP contribution is 1.90. The van der Waals surface area contributed by atoms with Crippen LogP contribution in [0, 0.1) is 6.92 Å². The minimum Gasteiger partial charge on any atom is -0.454 e. The first-order valence-corrected chi connectivity index (χ1v) is 2.13. The Kier molecular flexibility index (Phi) is 3.38. The lowest BCUT2D eigenvalue weighted by Crippen LogP contribution is -2.03. The van der Waals surface area contributed by atoms with Crippen LogP contribution in [0.1, 0.15) is 13.3 Å². The van der Waals surface area contributed by atoms with Gasteiger partial charge in [0.2, 0.25) is 0 Å². The second-order valence-corrected chi connectivity index (χ2v) is 1.30. The minimum absolute atomic E-state index is 0.0856. The standard InChI is InChI=1S/C5H8O2/c1-3-5(2)7-4-6/h5H,1,3H2,2H3. The van der Waals surface area contributed by atoms with E-state index in [1.54, 1.807) is 6.92 Å². The van der Waals surface area contributed by atoms with Gasteiger partial charge in [-0.25, -0.2) is 4.79 Å². The predicted molar refractivity (Wildman–Crippen MR) is 26.2 cm³/mol. The third kappa shape index (κ3) is 3.30. The zero-order valence-electron chi connectivity index (χ0n) is 4.31. The van der Waals surface area contributed by atoms with E-state index in [0.29, 0.717) is 6.42 Å². The van der Waals surface area contributed by atoms with E-state index in [0.717, 1.165) is 0 Å². The van der Waals surface area contributed by atoms with Crippen LogP contribution in [0.3, 0.4) is 0 Å². The first kappa shape index (κ1) is 6.47. The Hall–Kier alpha value is -0.530. The molecule has 0 fully saturated rings. The first-order valence-electron chi connectivity index (χ1n) is 2.13. The lowest BCUT2D eigenvalue weighted by Gasteiger charge is -2.00. The van der Waals surface area contributed by atoms with E-state index in [2.05, 4.69) is 11.7 Å². The van der Waals surface area contributed by atoms with Crippen LogP contribution in [-0.4, -0.2) is 12.6 Å². The Labute approximate surface area is 43.5 Å². The molecule has 0 aliphatic carbocycles. The molecule has 0 N–H and O–H groups in total. The van der Waals surface area contributed by atoms with Gasteiger partial charge in [-0.3, -0.25) is 0 Å². The van der Waals surface area contributed by atoms with Crippen molar-refractivity contribution in [2.24, 2.45) is 0 Å². The smallest absolute Gasteiger partial charge is 0.417 e. The summed E-state index contributed by atoms with van der Waals surface area (Å²) >= 11 is 0. The molecule has 0 saturated carbocycles. The minimum atomic E-state index is -0.0856. The second-order valence-electron chi connectivity index (χ2n) is 1.30. The molecule has 0 bridgehead atoms. The van der Waals surface area contributed by atoms with Gasteiger partial charge in [0.25, 0.3) is 0 Å². The van der Waals surface area contributed by atoms with Gasteiger partial charge in [-0.2, -0.15) is 0 Å². The fourth-order valence-electron chi connectivity index (χ4n) is 0.141. The molecule has 0 aromatic heterocycles. The maximum absolute atomic E-state index is 9.40. The summed E-state index contributed by atoms with van der Waals surface area (Å²) in [5.74, 6) is 0. The van der Waals surface area contributed by atoms with E-state index in [1.807, 2.05) is 0 Å². The zero-order chi connectivity index (χ0) is 5.70. The number of hydrogen-bond donors (Lipinski definition) is 0. The van der Waals surface area contributed by atoms with Crippen LogP contribution >= 0.6 is 0 Å². The Bertz CT molecular complexity index is 52.0. The summed E-state index contributed by atoms with van der Waals surface area (Å²) < 4.78 is 4.32. The molecule has 40 valence electrons. The van der Waals surface area contributed by atoms with Crippen molar-refractivity contribution in [2.75, 3.05) is 0 Å². The van der Waals surface area contributed by atoms with Gasteiger partial charge in [-0.1, -0.05) is 0 Å². The van der Waals surface area contributed by atoms with Gasteiger partial charge in [0.1, 0.15) is 0 Å². The van der Waals surface area contributed by atoms with Gasteiger partial charge >= 0.3 is 6.47 Å². The second kappa shape index (κ2) is 3.65. The quantitative estimate of drug-likeness (QED) is 0.521. The Morgan fingerprint density at radius 2 is 2.57 bits per heavy atom. The van der Waals surface area contributed by atoms with E-state index >= 15 is 0 Å². The number of rotatable bonds is 3. The molecule has 0 rings (SSSR count). The molecule has 0 saturated heterocycles. The van der Waals surface area contributed by atoms with Crippen molar-refractivity contribution in [3.05, 3.63) is 6.92 Å². The summed E-state index contributed by atoms with van der Waals surface area (Å²) in [5.41, 5.74) is 0. The van der Waals surface area contributed by atoms with Gasteiger partial charge in [0.15, 0.2) is 0 Å². The lowest BCUT2D eigenvalue weighted by atomic mass is 10.3. The van der Waals surface area contributed by atoms with Crippen LogP contribution in [0.4, 0.5) is 0 Å². The fourth-order valence-corrected chi connectivity index (χ4v) is 0.141. The molecule has 0 heterocycles. The Morgan fingerprint density at radius 1 is 2.00 bits per heavy atom. The highest BCUT2D eigenvalue weighted by Gasteiger charge is 1.93. The molecule has 0 aromatic rings. The van der Waals surface area contributed by atoms with Crippen LogP contribution < -0.4 is 0 Å². The van der Waals surface area contributed by atoms with Crippen molar-refractivity contribution in [2.45, 2.75) is 19.4 Å². The summed E-state index contributed by atoms with van der Waals surface area (Å²) in [6, 6.07) is 0. The van der Waals surface area contributed by atoms with E-state index < -0.39 is 0 Å². The Balaban J connectivity index is 2.98. The molecule has 0 aromatic carbocycles. The molecule has 7 heavy (non-hydrogen) atoms. The molecular weight excluding hydrogens is 92.1 g/mol. The Morgan fingerprint density at radius 3 is 2.71 bits per heavy atom. The molecule has 1 unspecified atom stereocenters. The summed E-state index contributed by atoms with van der Waals surface area (Å²) in [4.78, 5) is 9.40. The van der Waals surface area contributed by atoms with Gasteiger partial charge in [0, 0.05) is 0 Å². The summed E-state index contributed by atoms with van der Waals surface area (Å²) in [6.45, 7) is 6.59. The largest absolute Gasteiger partial charge is 0.454 e. The van der Waals surface area contributed by atoms with Crippen molar-refractivity contribution >= 4 is 6.47 Å². The molecular formula is C5H8O2. The van der Waals surface area contributed by atoms with Crippen molar-refractivity contribution in [3.8, 4) is 0 Å².